The molecule has 0 amide bonds. The van der Waals surface area contributed by atoms with E-state index in [1.165, 1.54) is 0 Å². The van der Waals surface area contributed by atoms with Crippen LogP contribution in [0.25, 0.3) is 0 Å². The van der Waals surface area contributed by atoms with E-state index in [1.807, 2.05) is 0 Å². The van der Waals surface area contributed by atoms with E-state index in [9.17, 15) is 4.79 Å². The molecule has 0 aromatic rings. The lowest BCUT2D eigenvalue weighted by Gasteiger charge is -2.33. The Morgan fingerprint density at radius 2 is 2.14 bits per heavy atom. The molecular weight excluding hydrogens is 188 g/mol. The van der Waals surface area contributed by atoms with Gasteiger partial charge in [-0.25, -0.2) is 0 Å². The maximum absolute atomic E-state index is 10.5. The van der Waals surface area contributed by atoms with Crippen LogP contribution in [0.3, 0.4) is 0 Å². The lowest BCUT2D eigenvalue weighted by atomic mass is 10.0. The van der Waals surface area contributed by atoms with E-state index in [0.717, 1.165) is 0 Å². The highest BCUT2D eigenvalue weighted by molar-refractivity contribution is 5.67. The summed E-state index contributed by atoms with van der Waals surface area (Å²) in [6, 6.07) is 0. The number of aliphatic carboxylic acids is 1. The van der Waals surface area contributed by atoms with Crippen LogP contribution >= 0.6 is 0 Å². The Labute approximate surface area is 82.9 Å². The predicted molar refractivity (Wildman–Crippen MR) is 48.0 cm³/mol. The van der Waals surface area contributed by atoms with Crippen molar-refractivity contribution in [2.24, 2.45) is 0 Å². The number of carbonyl (C=O) groups is 1. The zero-order valence-corrected chi connectivity index (χ0v) is 8.43. The first-order chi connectivity index (χ1) is 6.65. The fourth-order valence-corrected chi connectivity index (χ4v) is 1.60. The molecule has 1 rings (SSSR count). The van der Waals surface area contributed by atoms with Gasteiger partial charge in [-0.15, -0.1) is 0 Å². The van der Waals surface area contributed by atoms with E-state index in [4.69, 9.17) is 19.3 Å². The third-order valence-corrected chi connectivity index (χ3v) is 2.32. The smallest absolute Gasteiger partial charge is 0.305 e. The summed E-state index contributed by atoms with van der Waals surface area (Å²) in [6.45, 7) is 0. The summed E-state index contributed by atoms with van der Waals surface area (Å²) >= 11 is 0. The van der Waals surface area contributed by atoms with E-state index in [1.54, 1.807) is 14.2 Å². The molecule has 1 fully saturated rings. The number of carboxylic acids is 1. The quantitative estimate of drug-likeness (QED) is 0.727. The molecule has 0 aromatic heterocycles. The number of hydrogen-bond acceptors (Lipinski definition) is 4. The second-order valence-electron chi connectivity index (χ2n) is 3.35. The maximum atomic E-state index is 10.5. The number of ether oxygens (including phenoxy) is 3. The molecule has 5 heteroatoms. The van der Waals surface area contributed by atoms with Gasteiger partial charge in [0.05, 0.1) is 18.6 Å². The first-order valence-electron chi connectivity index (χ1n) is 4.58. The molecule has 1 heterocycles. The second-order valence-corrected chi connectivity index (χ2v) is 3.35. The molecule has 0 spiro atoms. The summed E-state index contributed by atoms with van der Waals surface area (Å²) in [5.74, 6) is -0.860. The van der Waals surface area contributed by atoms with Crippen LogP contribution in [0.4, 0.5) is 0 Å². The van der Waals surface area contributed by atoms with Crippen LogP contribution in [0, 0.1) is 0 Å². The normalized spacial score (nSPS) is 32.9. The SMILES string of the molecule is CO[C@H]1C[C@@H](CC(=O)O)O[C@H](OC)C1. The van der Waals surface area contributed by atoms with Crippen molar-refractivity contribution in [3.8, 4) is 0 Å². The molecule has 1 N–H and O–H groups in total. The van der Waals surface area contributed by atoms with Gasteiger partial charge >= 0.3 is 5.97 Å². The van der Waals surface area contributed by atoms with E-state index in [0.29, 0.717) is 12.8 Å². The van der Waals surface area contributed by atoms with Crippen LogP contribution in [-0.2, 0) is 19.0 Å². The number of methoxy groups -OCH3 is 2. The van der Waals surface area contributed by atoms with Gasteiger partial charge in [0.25, 0.3) is 0 Å². The Bertz CT molecular complexity index is 182. The predicted octanol–water partition coefficient (Wildman–Crippen LogP) is 0.628. The average molecular weight is 204 g/mol. The molecule has 0 saturated carbocycles. The van der Waals surface area contributed by atoms with E-state index >= 15 is 0 Å². The van der Waals surface area contributed by atoms with Crippen LogP contribution in [0.15, 0.2) is 0 Å². The minimum absolute atomic E-state index is 0.000278. The fraction of sp³-hybridized carbons (Fsp3) is 0.889. The molecule has 14 heavy (non-hydrogen) atoms. The summed E-state index contributed by atoms with van der Waals surface area (Å²) in [7, 11) is 3.15. The summed E-state index contributed by atoms with van der Waals surface area (Å²) in [6.07, 6.45) is 0.637. The Balaban J connectivity index is 2.46. The minimum atomic E-state index is -0.860. The van der Waals surface area contributed by atoms with Crippen molar-refractivity contribution >= 4 is 5.97 Å². The molecule has 82 valence electrons. The fourth-order valence-electron chi connectivity index (χ4n) is 1.60. The summed E-state index contributed by atoms with van der Waals surface area (Å²) < 4.78 is 15.6. The molecular formula is C9H16O5. The number of hydrogen-bond donors (Lipinski definition) is 1. The van der Waals surface area contributed by atoms with Crippen molar-refractivity contribution in [2.75, 3.05) is 14.2 Å². The van der Waals surface area contributed by atoms with Crippen molar-refractivity contribution in [2.45, 2.75) is 37.8 Å². The van der Waals surface area contributed by atoms with Gasteiger partial charge in [0.1, 0.15) is 0 Å². The molecule has 0 aliphatic carbocycles. The molecule has 1 saturated heterocycles. The van der Waals surface area contributed by atoms with Crippen molar-refractivity contribution in [3.05, 3.63) is 0 Å². The van der Waals surface area contributed by atoms with Crippen LogP contribution in [0.5, 0.6) is 0 Å². The molecule has 0 unspecified atom stereocenters. The molecule has 0 radical (unpaired) electrons. The zero-order chi connectivity index (χ0) is 10.6. The van der Waals surface area contributed by atoms with Gasteiger partial charge in [-0.1, -0.05) is 0 Å². The Morgan fingerprint density at radius 3 is 2.64 bits per heavy atom. The standard InChI is InChI=1S/C9H16O5/c1-12-6-3-7(4-8(10)11)14-9(5-6)13-2/h6-7,9H,3-5H2,1-2H3,(H,10,11)/t6-,7-,9-/m0/s1. The van der Waals surface area contributed by atoms with Gasteiger partial charge in [0.2, 0.25) is 0 Å². The highest BCUT2D eigenvalue weighted by Gasteiger charge is 2.30. The lowest BCUT2D eigenvalue weighted by molar-refractivity contribution is -0.210. The molecule has 0 bridgehead atoms. The van der Waals surface area contributed by atoms with Crippen LogP contribution < -0.4 is 0 Å². The molecule has 1 aliphatic heterocycles. The Morgan fingerprint density at radius 1 is 1.43 bits per heavy atom. The largest absolute Gasteiger partial charge is 0.481 e. The highest BCUT2D eigenvalue weighted by atomic mass is 16.7. The maximum Gasteiger partial charge on any atom is 0.305 e. The molecule has 1 aliphatic rings. The van der Waals surface area contributed by atoms with Gasteiger partial charge in [-0.2, -0.15) is 0 Å². The highest BCUT2D eigenvalue weighted by Crippen LogP contribution is 2.23. The van der Waals surface area contributed by atoms with E-state index in [-0.39, 0.29) is 24.9 Å². The Hall–Kier alpha value is -0.650. The summed E-state index contributed by atoms with van der Waals surface area (Å²) in [4.78, 5) is 10.5. The lowest BCUT2D eigenvalue weighted by Crippen LogP contribution is -2.38. The van der Waals surface area contributed by atoms with Crippen molar-refractivity contribution in [1.29, 1.82) is 0 Å². The average Bonchev–Trinajstić information content (AvgIpc) is 2.16. The second kappa shape index (κ2) is 5.29. The molecule has 0 aromatic carbocycles. The van der Waals surface area contributed by atoms with Gasteiger partial charge in [0, 0.05) is 27.1 Å². The van der Waals surface area contributed by atoms with Crippen LogP contribution in [0.1, 0.15) is 19.3 Å². The van der Waals surface area contributed by atoms with Gasteiger partial charge in [-0.3, -0.25) is 4.79 Å². The minimum Gasteiger partial charge on any atom is -0.481 e. The van der Waals surface area contributed by atoms with Crippen molar-refractivity contribution < 1.29 is 24.1 Å². The van der Waals surface area contributed by atoms with Crippen LogP contribution in [-0.4, -0.2) is 43.8 Å². The zero-order valence-electron chi connectivity index (χ0n) is 8.43. The summed E-state index contributed by atoms with van der Waals surface area (Å²) in [5.41, 5.74) is 0. The first kappa shape index (κ1) is 11.4. The van der Waals surface area contributed by atoms with Crippen LogP contribution in [0.2, 0.25) is 0 Å². The van der Waals surface area contributed by atoms with Gasteiger partial charge in [0.15, 0.2) is 6.29 Å². The third kappa shape index (κ3) is 3.25. The number of rotatable bonds is 4. The molecule has 3 atom stereocenters. The third-order valence-electron chi connectivity index (χ3n) is 2.32. The van der Waals surface area contributed by atoms with Gasteiger partial charge in [-0.05, 0) is 0 Å². The topological polar surface area (TPSA) is 65.0 Å². The summed E-state index contributed by atoms with van der Waals surface area (Å²) in [5, 5.41) is 8.62. The van der Waals surface area contributed by atoms with E-state index in [2.05, 4.69) is 0 Å². The van der Waals surface area contributed by atoms with Gasteiger partial charge < -0.3 is 19.3 Å². The number of carboxylic acid groups (broad SMARTS) is 1. The monoisotopic (exact) mass is 204 g/mol. The first-order valence-corrected chi connectivity index (χ1v) is 4.58. The Kier molecular flexibility index (Phi) is 4.31. The molecule has 5 nitrogen and oxygen atoms in total. The van der Waals surface area contributed by atoms with Crippen molar-refractivity contribution in [3.63, 3.8) is 0 Å². The van der Waals surface area contributed by atoms with Crippen molar-refractivity contribution in [1.82, 2.24) is 0 Å². The van der Waals surface area contributed by atoms with E-state index < -0.39 is 5.97 Å².